The zero-order valence-corrected chi connectivity index (χ0v) is 13.9. The molecule has 2 rings (SSSR count). The fraction of sp³-hybridized carbons (Fsp3) is 0.750. The summed E-state index contributed by atoms with van der Waals surface area (Å²) in [7, 11) is 4.32. The van der Waals surface area contributed by atoms with Crippen molar-refractivity contribution in [1.29, 1.82) is 0 Å². The summed E-state index contributed by atoms with van der Waals surface area (Å²) in [6, 6.07) is 2.10. The molecule has 0 aliphatic carbocycles. The van der Waals surface area contributed by atoms with Gasteiger partial charge in [0.25, 0.3) is 0 Å². The van der Waals surface area contributed by atoms with Crippen LogP contribution in [0.5, 0.6) is 0 Å². The third kappa shape index (κ3) is 4.84. The van der Waals surface area contributed by atoms with Crippen molar-refractivity contribution in [2.24, 2.45) is 5.92 Å². The van der Waals surface area contributed by atoms with E-state index in [-0.39, 0.29) is 0 Å². The van der Waals surface area contributed by atoms with Gasteiger partial charge in [0.05, 0.1) is 0 Å². The third-order valence-corrected chi connectivity index (χ3v) is 3.94. The molecule has 1 saturated heterocycles. The van der Waals surface area contributed by atoms with Gasteiger partial charge in [-0.2, -0.15) is 4.98 Å². The number of nitrogens with one attached hydrogen (secondary N) is 1. The van der Waals surface area contributed by atoms with Crippen LogP contribution >= 0.6 is 0 Å². The molecule has 0 atom stereocenters. The summed E-state index contributed by atoms with van der Waals surface area (Å²) in [4.78, 5) is 13.8. The molecule has 0 radical (unpaired) electrons. The minimum atomic E-state index is 0.766. The van der Waals surface area contributed by atoms with Gasteiger partial charge < -0.3 is 15.1 Å². The van der Waals surface area contributed by atoms with E-state index in [1.54, 1.807) is 0 Å². The minimum Gasteiger partial charge on any atom is -0.356 e. The molecule has 1 aromatic heterocycles. The summed E-state index contributed by atoms with van der Waals surface area (Å²) < 4.78 is 0. The van der Waals surface area contributed by atoms with E-state index in [9.17, 15) is 0 Å². The van der Waals surface area contributed by atoms with Crippen molar-refractivity contribution in [1.82, 2.24) is 14.9 Å². The van der Waals surface area contributed by atoms with Crippen molar-refractivity contribution in [3.63, 3.8) is 0 Å². The van der Waals surface area contributed by atoms with Crippen LogP contribution in [0.1, 0.15) is 31.9 Å². The smallest absolute Gasteiger partial charge is 0.224 e. The van der Waals surface area contributed by atoms with E-state index in [0.29, 0.717) is 0 Å². The number of aryl methyl sites for hydroxylation is 1. The standard InChI is InChI=1S/C16H29N5/c1-5-8-17-16-18-13(2)11-15(19-16)21-9-6-14(7-10-21)12-20(3)4/h11,14H,5-10,12H2,1-4H3,(H,17,18,19). The average Bonchev–Trinajstić information content (AvgIpc) is 2.44. The maximum absolute atomic E-state index is 4.67. The van der Waals surface area contributed by atoms with E-state index in [1.165, 1.54) is 19.4 Å². The molecule has 1 N–H and O–H groups in total. The zero-order valence-electron chi connectivity index (χ0n) is 13.9. The van der Waals surface area contributed by atoms with Crippen molar-refractivity contribution in [3.8, 4) is 0 Å². The molecule has 0 aromatic carbocycles. The highest BCUT2D eigenvalue weighted by Gasteiger charge is 2.21. The van der Waals surface area contributed by atoms with E-state index >= 15 is 0 Å². The van der Waals surface area contributed by atoms with Gasteiger partial charge in [0.15, 0.2) is 0 Å². The van der Waals surface area contributed by atoms with Gasteiger partial charge in [-0.25, -0.2) is 4.98 Å². The molecular formula is C16H29N5. The fourth-order valence-electron chi connectivity index (χ4n) is 2.89. The second-order valence-corrected chi connectivity index (χ2v) is 6.31. The van der Waals surface area contributed by atoms with Crippen LogP contribution in [0.15, 0.2) is 6.07 Å². The molecule has 1 aromatic rings. The predicted molar refractivity (Wildman–Crippen MR) is 89.0 cm³/mol. The Balaban J connectivity index is 1.97. The Labute approximate surface area is 128 Å². The number of hydrogen-bond donors (Lipinski definition) is 1. The molecule has 0 bridgehead atoms. The maximum atomic E-state index is 4.67. The van der Waals surface area contributed by atoms with Crippen molar-refractivity contribution in [3.05, 3.63) is 11.8 Å². The zero-order chi connectivity index (χ0) is 15.2. The predicted octanol–water partition coefficient (Wildman–Crippen LogP) is 2.38. The molecule has 5 heteroatoms. The maximum Gasteiger partial charge on any atom is 0.224 e. The normalized spacial score (nSPS) is 16.5. The van der Waals surface area contributed by atoms with Crippen LogP contribution in [-0.4, -0.2) is 55.1 Å². The first kappa shape index (κ1) is 16.0. The van der Waals surface area contributed by atoms with E-state index in [4.69, 9.17) is 0 Å². The fourth-order valence-corrected chi connectivity index (χ4v) is 2.89. The lowest BCUT2D eigenvalue weighted by Crippen LogP contribution is -2.37. The largest absolute Gasteiger partial charge is 0.356 e. The monoisotopic (exact) mass is 291 g/mol. The molecule has 1 fully saturated rings. The first-order chi connectivity index (χ1) is 10.1. The lowest BCUT2D eigenvalue weighted by molar-refractivity contribution is 0.284. The number of anilines is 2. The number of hydrogen-bond acceptors (Lipinski definition) is 5. The Morgan fingerprint density at radius 2 is 2.00 bits per heavy atom. The second kappa shape index (κ2) is 7.59. The van der Waals surface area contributed by atoms with Gasteiger partial charge in [-0.15, -0.1) is 0 Å². The third-order valence-electron chi connectivity index (χ3n) is 3.94. The van der Waals surface area contributed by atoms with Gasteiger partial charge in [0, 0.05) is 37.9 Å². The number of nitrogens with zero attached hydrogens (tertiary/aromatic N) is 4. The summed E-state index contributed by atoms with van der Waals surface area (Å²) in [6.07, 6.45) is 3.58. The highest BCUT2D eigenvalue weighted by atomic mass is 15.2. The quantitative estimate of drug-likeness (QED) is 0.872. The van der Waals surface area contributed by atoms with Crippen molar-refractivity contribution < 1.29 is 0 Å². The van der Waals surface area contributed by atoms with Gasteiger partial charge >= 0.3 is 0 Å². The van der Waals surface area contributed by atoms with Crippen LogP contribution in [0.2, 0.25) is 0 Å². The van der Waals surface area contributed by atoms with Crippen LogP contribution in [0.4, 0.5) is 11.8 Å². The van der Waals surface area contributed by atoms with E-state index < -0.39 is 0 Å². The van der Waals surface area contributed by atoms with Gasteiger partial charge in [0.1, 0.15) is 5.82 Å². The number of aromatic nitrogens is 2. The highest BCUT2D eigenvalue weighted by molar-refractivity contribution is 5.45. The minimum absolute atomic E-state index is 0.766. The van der Waals surface area contributed by atoms with Crippen LogP contribution in [-0.2, 0) is 0 Å². The Morgan fingerprint density at radius 3 is 2.62 bits per heavy atom. The molecule has 0 amide bonds. The summed E-state index contributed by atoms with van der Waals surface area (Å²) in [5, 5.41) is 3.29. The second-order valence-electron chi connectivity index (χ2n) is 6.31. The van der Waals surface area contributed by atoms with Crippen molar-refractivity contribution in [2.45, 2.75) is 33.1 Å². The molecule has 0 saturated carbocycles. The molecule has 118 valence electrons. The van der Waals surface area contributed by atoms with Crippen molar-refractivity contribution >= 4 is 11.8 Å². The van der Waals surface area contributed by atoms with Gasteiger partial charge in [0.2, 0.25) is 5.95 Å². The number of rotatable bonds is 6. The van der Waals surface area contributed by atoms with E-state index in [2.05, 4.69) is 52.2 Å². The summed E-state index contributed by atoms with van der Waals surface area (Å²) in [6.45, 7) is 8.51. The average molecular weight is 291 g/mol. The SMILES string of the molecule is CCCNc1nc(C)cc(N2CCC(CN(C)C)CC2)n1. The summed E-state index contributed by atoms with van der Waals surface area (Å²) in [5.41, 5.74) is 1.04. The highest BCUT2D eigenvalue weighted by Crippen LogP contribution is 2.23. The number of piperidine rings is 1. The molecule has 21 heavy (non-hydrogen) atoms. The molecule has 0 unspecified atom stereocenters. The Hall–Kier alpha value is -1.36. The molecule has 1 aliphatic heterocycles. The van der Waals surface area contributed by atoms with E-state index in [1.807, 2.05) is 6.92 Å². The molecule has 5 nitrogen and oxygen atoms in total. The van der Waals surface area contributed by atoms with Gasteiger partial charge in [-0.3, -0.25) is 0 Å². The lowest BCUT2D eigenvalue weighted by Gasteiger charge is -2.34. The van der Waals surface area contributed by atoms with Gasteiger partial charge in [-0.05, 0) is 46.2 Å². The Kier molecular flexibility index (Phi) is 5.79. The van der Waals surface area contributed by atoms with Crippen LogP contribution in [0.25, 0.3) is 0 Å². The molecule has 0 spiro atoms. The Bertz CT molecular complexity index is 438. The van der Waals surface area contributed by atoms with Crippen LogP contribution in [0.3, 0.4) is 0 Å². The van der Waals surface area contributed by atoms with Gasteiger partial charge in [-0.1, -0.05) is 6.92 Å². The van der Waals surface area contributed by atoms with Crippen LogP contribution in [0, 0.1) is 12.8 Å². The summed E-state index contributed by atoms with van der Waals surface area (Å²) in [5.74, 6) is 2.66. The summed E-state index contributed by atoms with van der Waals surface area (Å²) >= 11 is 0. The molecular weight excluding hydrogens is 262 g/mol. The first-order valence-corrected chi connectivity index (χ1v) is 8.07. The molecule has 1 aliphatic rings. The van der Waals surface area contributed by atoms with Crippen molar-refractivity contribution in [2.75, 3.05) is 50.5 Å². The lowest BCUT2D eigenvalue weighted by atomic mass is 9.96. The Morgan fingerprint density at radius 1 is 1.29 bits per heavy atom. The van der Waals surface area contributed by atoms with Crippen LogP contribution < -0.4 is 10.2 Å². The first-order valence-electron chi connectivity index (χ1n) is 8.07. The topological polar surface area (TPSA) is 44.3 Å². The van der Waals surface area contributed by atoms with E-state index in [0.717, 1.165) is 49.4 Å². The molecule has 2 heterocycles.